The Balaban J connectivity index is 3.35. The van der Waals surface area contributed by atoms with Gasteiger partial charge in [0.1, 0.15) is 0 Å². The average Bonchev–Trinajstić information content (AvgIpc) is 1.69. The second-order valence-electron chi connectivity index (χ2n) is 1.98. The predicted molar refractivity (Wildman–Crippen MR) is 38.4 cm³/mol. The van der Waals surface area contributed by atoms with Crippen LogP contribution in [0.3, 0.4) is 0 Å². The molecule has 0 saturated carbocycles. The molecule has 0 spiro atoms. The van der Waals surface area contributed by atoms with E-state index in [1.54, 1.807) is 0 Å². The standard InChI is InChI=1S/C5H13NOS/c1-6(2)5(3-7)4-8/h5,7-8H,3-4H2,1-2H3/t5-/m0/s1. The fourth-order valence-electron chi connectivity index (χ4n) is 0.384. The van der Waals surface area contributed by atoms with E-state index in [1.165, 1.54) is 0 Å². The van der Waals surface area contributed by atoms with Crippen LogP contribution in [0.25, 0.3) is 0 Å². The molecule has 0 radical (unpaired) electrons. The van der Waals surface area contributed by atoms with Gasteiger partial charge in [-0.15, -0.1) is 0 Å². The quantitative estimate of drug-likeness (QED) is 0.525. The minimum absolute atomic E-state index is 0.191. The highest BCUT2D eigenvalue weighted by atomic mass is 32.1. The highest BCUT2D eigenvalue weighted by molar-refractivity contribution is 7.80. The molecule has 0 saturated heterocycles. The van der Waals surface area contributed by atoms with Crippen molar-refractivity contribution in [1.82, 2.24) is 4.90 Å². The summed E-state index contributed by atoms with van der Waals surface area (Å²) in [5, 5.41) is 8.61. The number of likely N-dealkylation sites (N-methyl/N-ethyl adjacent to an activating group) is 1. The summed E-state index contributed by atoms with van der Waals surface area (Å²) in [6.45, 7) is 0.191. The van der Waals surface area contributed by atoms with Gasteiger partial charge in [0.25, 0.3) is 0 Å². The minimum atomic E-state index is 0.191. The first-order valence-corrected chi connectivity index (χ1v) is 3.23. The largest absolute Gasteiger partial charge is 0.395 e. The van der Waals surface area contributed by atoms with Gasteiger partial charge in [0.15, 0.2) is 0 Å². The lowest BCUT2D eigenvalue weighted by Gasteiger charge is -2.18. The molecule has 8 heavy (non-hydrogen) atoms. The zero-order chi connectivity index (χ0) is 6.57. The topological polar surface area (TPSA) is 23.5 Å². The third kappa shape index (κ3) is 2.55. The Morgan fingerprint density at radius 2 is 2.12 bits per heavy atom. The molecule has 0 aromatic carbocycles. The van der Waals surface area contributed by atoms with Gasteiger partial charge in [-0.05, 0) is 14.1 Å². The first-order chi connectivity index (χ1) is 3.72. The van der Waals surface area contributed by atoms with Crippen LogP contribution in [0, 0.1) is 0 Å². The molecule has 1 atom stereocenters. The minimum Gasteiger partial charge on any atom is -0.395 e. The first-order valence-electron chi connectivity index (χ1n) is 2.60. The number of hydrogen-bond donors (Lipinski definition) is 2. The van der Waals surface area contributed by atoms with Crippen LogP contribution < -0.4 is 0 Å². The van der Waals surface area contributed by atoms with Crippen LogP contribution >= 0.6 is 12.6 Å². The highest BCUT2D eigenvalue weighted by Gasteiger charge is 2.04. The molecule has 0 aliphatic rings. The number of nitrogens with zero attached hydrogens (tertiary/aromatic N) is 1. The van der Waals surface area contributed by atoms with Crippen LogP contribution in [0.4, 0.5) is 0 Å². The van der Waals surface area contributed by atoms with Gasteiger partial charge in [-0.3, -0.25) is 0 Å². The Bertz CT molecular complexity index is 54.4. The van der Waals surface area contributed by atoms with Crippen molar-refractivity contribution in [3.8, 4) is 0 Å². The Morgan fingerprint density at radius 1 is 1.62 bits per heavy atom. The molecule has 50 valence electrons. The van der Waals surface area contributed by atoms with Crippen molar-refractivity contribution in [3.05, 3.63) is 0 Å². The number of hydrogen-bond acceptors (Lipinski definition) is 3. The van der Waals surface area contributed by atoms with Crippen LogP contribution in [0.1, 0.15) is 0 Å². The van der Waals surface area contributed by atoms with E-state index in [4.69, 9.17) is 5.11 Å². The second kappa shape index (κ2) is 4.18. The van der Waals surface area contributed by atoms with Gasteiger partial charge >= 0.3 is 0 Å². The van der Waals surface area contributed by atoms with Gasteiger partial charge in [-0.2, -0.15) is 12.6 Å². The number of aliphatic hydroxyl groups is 1. The van der Waals surface area contributed by atoms with E-state index in [1.807, 2.05) is 19.0 Å². The molecule has 0 aromatic rings. The molecule has 0 bridgehead atoms. The fraction of sp³-hybridized carbons (Fsp3) is 1.00. The molecule has 0 unspecified atom stereocenters. The Kier molecular flexibility index (Phi) is 4.32. The summed E-state index contributed by atoms with van der Waals surface area (Å²) in [6, 6.07) is 0.207. The van der Waals surface area contributed by atoms with Gasteiger partial charge < -0.3 is 10.0 Å². The monoisotopic (exact) mass is 135 g/mol. The summed E-state index contributed by atoms with van der Waals surface area (Å²) < 4.78 is 0. The van der Waals surface area contributed by atoms with Crippen molar-refractivity contribution in [2.24, 2.45) is 0 Å². The van der Waals surface area contributed by atoms with Crippen molar-refractivity contribution >= 4 is 12.6 Å². The normalized spacial score (nSPS) is 14.6. The maximum absolute atomic E-state index is 8.61. The van der Waals surface area contributed by atoms with E-state index in [-0.39, 0.29) is 12.6 Å². The van der Waals surface area contributed by atoms with Gasteiger partial charge in [0.2, 0.25) is 0 Å². The molecule has 0 aliphatic heterocycles. The van der Waals surface area contributed by atoms with Gasteiger partial charge in [0.05, 0.1) is 6.61 Å². The van der Waals surface area contributed by atoms with Crippen molar-refractivity contribution in [2.45, 2.75) is 6.04 Å². The molecule has 0 rings (SSSR count). The Morgan fingerprint density at radius 3 is 2.12 bits per heavy atom. The molecular formula is C5H13NOS. The van der Waals surface area contributed by atoms with Crippen LogP contribution in [-0.2, 0) is 0 Å². The van der Waals surface area contributed by atoms with Crippen LogP contribution in [0.15, 0.2) is 0 Å². The summed E-state index contributed by atoms with van der Waals surface area (Å²) in [5.74, 6) is 0.712. The van der Waals surface area contributed by atoms with Gasteiger partial charge in [-0.25, -0.2) is 0 Å². The molecule has 2 nitrogen and oxygen atoms in total. The number of aliphatic hydroxyl groups excluding tert-OH is 1. The molecule has 3 heteroatoms. The summed E-state index contributed by atoms with van der Waals surface area (Å²) >= 11 is 4.03. The van der Waals surface area contributed by atoms with Crippen LogP contribution in [-0.4, -0.2) is 42.5 Å². The first kappa shape index (κ1) is 8.27. The van der Waals surface area contributed by atoms with E-state index in [2.05, 4.69) is 12.6 Å². The lowest BCUT2D eigenvalue weighted by Crippen LogP contribution is -2.32. The number of thiol groups is 1. The summed E-state index contributed by atoms with van der Waals surface area (Å²) in [7, 11) is 3.86. The second-order valence-corrected chi connectivity index (χ2v) is 2.35. The molecule has 0 aromatic heterocycles. The number of rotatable bonds is 3. The Hall–Kier alpha value is 0.270. The van der Waals surface area contributed by atoms with Crippen molar-refractivity contribution in [2.75, 3.05) is 26.5 Å². The molecule has 0 fully saturated rings. The molecule has 0 amide bonds. The van der Waals surface area contributed by atoms with E-state index in [9.17, 15) is 0 Å². The third-order valence-corrected chi connectivity index (χ3v) is 1.57. The predicted octanol–water partition coefficient (Wildman–Crippen LogP) is -0.161. The zero-order valence-corrected chi connectivity index (χ0v) is 6.23. The van der Waals surface area contributed by atoms with Gasteiger partial charge in [-0.1, -0.05) is 0 Å². The SMILES string of the molecule is CN(C)[C@@H](CO)CS. The van der Waals surface area contributed by atoms with Crippen LogP contribution in [0.2, 0.25) is 0 Å². The van der Waals surface area contributed by atoms with Crippen molar-refractivity contribution in [3.63, 3.8) is 0 Å². The van der Waals surface area contributed by atoms with Gasteiger partial charge in [0, 0.05) is 11.8 Å². The van der Waals surface area contributed by atoms with E-state index in [0.717, 1.165) is 0 Å². The highest BCUT2D eigenvalue weighted by Crippen LogP contribution is 1.92. The van der Waals surface area contributed by atoms with Crippen LogP contribution in [0.5, 0.6) is 0 Å². The van der Waals surface area contributed by atoms with E-state index in [0.29, 0.717) is 5.75 Å². The molecule has 0 aliphatic carbocycles. The maximum atomic E-state index is 8.61. The lowest BCUT2D eigenvalue weighted by atomic mass is 10.3. The smallest absolute Gasteiger partial charge is 0.0594 e. The summed E-state index contributed by atoms with van der Waals surface area (Å²) in [4.78, 5) is 1.95. The van der Waals surface area contributed by atoms with E-state index >= 15 is 0 Å². The van der Waals surface area contributed by atoms with E-state index < -0.39 is 0 Å². The average molecular weight is 135 g/mol. The third-order valence-electron chi connectivity index (χ3n) is 1.15. The van der Waals surface area contributed by atoms with Crippen molar-refractivity contribution < 1.29 is 5.11 Å². The summed E-state index contributed by atoms with van der Waals surface area (Å²) in [5.41, 5.74) is 0. The maximum Gasteiger partial charge on any atom is 0.0594 e. The fourth-order valence-corrected chi connectivity index (χ4v) is 0.826. The molecule has 0 heterocycles. The lowest BCUT2D eigenvalue weighted by molar-refractivity contribution is 0.185. The molecular weight excluding hydrogens is 122 g/mol. The van der Waals surface area contributed by atoms with Crippen molar-refractivity contribution in [1.29, 1.82) is 0 Å². The zero-order valence-electron chi connectivity index (χ0n) is 5.33. The molecule has 1 N–H and O–H groups in total. The summed E-state index contributed by atoms with van der Waals surface area (Å²) in [6.07, 6.45) is 0. The Labute approximate surface area is 55.9 Å².